The van der Waals surface area contributed by atoms with Gasteiger partial charge < -0.3 is 14.3 Å². The Bertz CT molecular complexity index is 810. The minimum Gasteiger partial charge on any atom is -0.449 e. The molecule has 1 atom stereocenters. The Balaban J connectivity index is 1.55. The maximum absolute atomic E-state index is 12.4. The summed E-state index contributed by atoms with van der Waals surface area (Å²) >= 11 is 0. The van der Waals surface area contributed by atoms with Gasteiger partial charge in [0.05, 0.1) is 11.0 Å². The number of ether oxygens (including phenoxy) is 1. The molecule has 1 aliphatic heterocycles. The van der Waals surface area contributed by atoms with Gasteiger partial charge in [-0.2, -0.15) is 0 Å². The fraction of sp³-hybridized carbons (Fsp3) is 0.500. The first-order chi connectivity index (χ1) is 12.5. The van der Waals surface area contributed by atoms with Crippen molar-refractivity contribution in [1.29, 1.82) is 0 Å². The number of oxazole rings is 1. The van der Waals surface area contributed by atoms with E-state index in [-0.39, 0.29) is 17.4 Å². The highest BCUT2D eigenvalue weighted by Crippen LogP contribution is 2.22. The summed E-state index contributed by atoms with van der Waals surface area (Å²) in [6.07, 6.45) is 3.04. The lowest BCUT2D eigenvalue weighted by atomic mass is 9.92. The number of nitrogens with zero attached hydrogens (tertiary/aromatic N) is 1. The van der Waals surface area contributed by atoms with Crippen molar-refractivity contribution in [2.75, 3.05) is 19.8 Å². The van der Waals surface area contributed by atoms with Gasteiger partial charge in [-0.3, -0.25) is 0 Å². The Labute approximate surface area is 153 Å². The van der Waals surface area contributed by atoms with Gasteiger partial charge in [0, 0.05) is 32.2 Å². The van der Waals surface area contributed by atoms with Gasteiger partial charge in [-0.05, 0) is 37.3 Å². The smallest absolute Gasteiger partial charge is 0.240 e. The van der Waals surface area contributed by atoms with Crippen LogP contribution in [-0.2, 0) is 14.8 Å². The van der Waals surface area contributed by atoms with Crippen molar-refractivity contribution in [1.82, 2.24) is 9.71 Å². The van der Waals surface area contributed by atoms with Crippen LogP contribution < -0.4 is 4.72 Å². The van der Waals surface area contributed by atoms with Crippen molar-refractivity contribution in [3.05, 3.63) is 36.4 Å². The van der Waals surface area contributed by atoms with Crippen LogP contribution >= 0.6 is 0 Å². The van der Waals surface area contributed by atoms with Gasteiger partial charge in [0.2, 0.25) is 10.0 Å². The number of sulfonamides is 1. The molecule has 0 unspecified atom stereocenters. The van der Waals surface area contributed by atoms with E-state index in [1.54, 1.807) is 19.1 Å². The first-order valence-electron chi connectivity index (χ1n) is 8.74. The molecule has 8 heteroatoms. The van der Waals surface area contributed by atoms with Crippen molar-refractivity contribution in [2.24, 2.45) is 5.92 Å². The number of aromatic nitrogens is 1. The van der Waals surface area contributed by atoms with E-state index in [9.17, 15) is 13.5 Å². The quantitative estimate of drug-likeness (QED) is 0.763. The number of aliphatic hydroxyl groups is 1. The molecule has 0 bridgehead atoms. The van der Waals surface area contributed by atoms with E-state index in [1.807, 2.05) is 0 Å². The Morgan fingerprint density at radius 3 is 2.58 bits per heavy atom. The Kier molecular flexibility index (Phi) is 6.08. The van der Waals surface area contributed by atoms with E-state index in [0.717, 1.165) is 18.4 Å². The third-order valence-electron chi connectivity index (χ3n) is 4.62. The van der Waals surface area contributed by atoms with E-state index in [1.165, 1.54) is 18.4 Å². The van der Waals surface area contributed by atoms with Crippen LogP contribution in [0, 0.1) is 12.8 Å². The SMILES string of the molecule is Cc1nc(-c2ccc(S(=O)(=O)NCC[C@H](O)C3CCOCC3)cc2)co1. The molecular weight excluding hydrogens is 356 g/mol. The summed E-state index contributed by atoms with van der Waals surface area (Å²) in [7, 11) is -3.61. The molecule has 2 heterocycles. The minimum atomic E-state index is -3.61. The standard InChI is InChI=1S/C18H24N2O5S/c1-13-20-17(12-25-13)14-2-4-16(5-3-14)26(22,23)19-9-6-18(21)15-7-10-24-11-8-15/h2-5,12,15,18-19,21H,6-11H2,1H3/t18-/m0/s1. The van der Waals surface area contributed by atoms with Gasteiger partial charge >= 0.3 is 0 Å². The normalized spacial score (nSPS) is 17.3. The molecule has 1 aromatic heterocycles. The van der Waals surface area contributed by atoms with Crippen LogP contribution in [0.25, 0.3) is 11.3 Å². The van der Waals surface area contributed by atoms with E-state index < -0.39 is 16.1 Å². The third-order valence-corrected chi connectivity index (χ3v) is 6.10. The molecule has 2 aromatic rings. The fourth-order valence-electron chi connectivity index (χ4n) is 3.06. The van der Waals surface area contributed by atoms with Crippen molar-refractivity contribution >= 4 is 10.0 Å². The number of aryl methyl sites for hydroxylation is 1. The zero-order valence-electron chi connectivity index (χ0n) is 14.7. The second-order valence-electron chi connectivity index (χ2n) is 6.48. The predicted octanol–water partition coefficient (Wildman–Crippen LogP) is 2.11. The van der Waals surface area contributed by atoms with Crippen molar-refractivity contribution < 1.29 is 22.7 Å². The maximum atomic E-state index is 12.4. The summed E-state index contributed by atoms with van der Waals surface area (Å²) in [6, 6.07) is 6.47. The van der Waals surface area contributed by atoms with Gasteiger partial charge in [0.25, 0.3) is 0 Å². The zero-order chi connectivity index (χ0) is 18.6. The highest BCUT2D eigenvalue weighted by atomic mass is 32.2. The summed E-state index contributed by atoms with van der Waals surface area (Å²) in [5, 5.41) is 10.2. The highest BCUT2D eigenvalue weighted by molar-refractivity contribution is 7.89. The van der Waals surface area contributed by atoms with E-state index in [4.69, 9.17) is 9.15 Å². The maximum Gasteiger partial charge on any atom is 0.240 e. The monoisotopic (exact) mass is 380 g/mol. The molecule has 0 amide bonds. The molecule has 26 heavy (non-hydrogen) atoms. The molecule has 0 radical (unpaired) electrons. The van der Waals surface area contributed by atoms with Crippen LogP contribution in [0.4, 0.5) is 0 Å². The summed E-state index contributed by atoms with van der Waals surface area (Å²) in [6.45, 7) is 3.27. The molecule has 1 saturated heterocycles. The van der Waals surface area contributed by atoms with Gasteiger partial charge in [-0.25, -0.2) is 18.1 Å². The average Bonchev–Trinajstić information content (AvgIpc) is 3.09. The number of aliphatic hydroxyl groups excluding tert-OH is 1. The first-order valence-corrected chi connectivity index (χ1v) is 10.2. The van der Waals surface area contributed by atoms with Gasteiger partial charge in [0.1, 0.15) is 12.0 Å². The molecule has 142 valence electrons. The van der Waals surface area contributed by atoms with Crippen LogP contribution in [0.15, 0.2) is 39.8 Å². The van der Waals surface area contributed by atoms with E-state index in [0.29, 0.717) is 31.2 Å². The first kappa shape index (κ1) is 19.0. The lowest BCUT2D eigenvalue weighted by molar-refractivity contribution is 0.00567. The number of rotatable bonds is 7. The summed E-state index contributed by atoms with van der Waals surface area (Å²) in [5.74, 6) is 0.736. The van der Waals surface area contributed by atoms with E-state index >= 15 is 0 Å². The Morgan fingerprint density at radius 1 is 1.27 bits per heavy atom. The molecular formula is C18H24N2O5S. The molecule has 0 saturated carbocycles. The van der Waals surface area contributed by atoms with Crippen LogP contribution in [0.5, 0.6) is 0 Å². The van der Waals surface area contributed by atoms with Crippen LogP contribution in [0.2, 0.25) is 0 Å². The largest absolute Gasteiger partial charge is 0.449 e. The number of hydrogen-bond acceptors (Lipinski definition) is 6. The third kappa shape index (κ3) is 4.70. The molecule has 2 N–H and O–H groups in total. The summed E-state index contributed by atoms with van der Waals surface area (Å²) in [4.78, 5) is 4.40. The molecule has 3 rings (SSSR count). The summed E-state index contributed by atoms with van der Waals surface area (Å²) < 4.78 is 37.8. The molecule has 1 aromatic carbocycles. The van der Waals surface area contributed by atoms with Crippen molar-refractivity contribution in [3.8, 4) is 11.3 Å². The second-order valence-corrected chi connectivity index (χ2v) is 8.25. The average molecular weight is 380 g/mol. The van der Waals surface area contributed by atoms with Crippen LogP contribution in [0.1, 0.15) is 25.2 Å². The topological polar surface area (TPSA) is 102 Å². The lowest BCUT2D eigenvalue weighted by Gasteiger charge is -2.26. The van der Waals surface area contributed by atoms with Crippen molar-refractivity contribution in [2.45, 2.75) is 37.2 Å². The van der Waals surface area contributed by atoms with Crippen molar-refractivity contribution in [3.63, 3.8) is 0 Å². The number of benzene rings is 1. The summed E-state index contributed by atoms with van der Waals surface area (Å²) in [5.41, 5.74) is 1.45. The predicted molar refractivity (Wildman–Crippen MR) is 96.0 cm³/mol. The number of hydrogen-bond donors (Lipinski definition) is 2. The van der Waals surface area contributed by atoms with E-state index in [2.05, 4.69) is 9.71 Å². The van der Waals surface area contributed by atoms with Gasteiger partial charge in [0.15, 0.2) is 5.89 Å². The molecule has 0 spiro atoms. The molecule has 0 aliphatic carbocycles. The van der Waals surface area contributed by atoms with Crippen LogP contribution in [-0.4, -0.2) is 44.4 Å². The van der Waals surface area contributed by atoms with Gasteiger partial charge in [-0.1, -0.05) is 12.1 Å². The second kappa shape index (κ2) is 8.30. The Morgan fingerprint density at radius 2 is 1.96 bits per heavy atom. The molecule has 7 nitrogen and oxygen atoms in total. The number of nitrogens with one attached hydrogen (secondary N) is 1. The minimum absolute atomic E-state index is 0.179. The zero-order valence-corrected chi connectivity index (χ0v) is 15.5. The lowest BCUT2D eigenvalue weighted by Crippen LogP contribution is -2.32. The fourth-order valence-corrected chi connectivity index (χ4v) is 4.11. The van der Waals surface area contributed by atoms with Crippen LogP contribution in [0.3, 0.4) is 0 Å². The van der Waals surface area contributed by atoms with Gasteiger partial charge in [-0.15, -0.1) is 0 Å². The molecule has 1 fully saturated rings. The highest BCUT2D eigenvalue weighted by Gasteiger charge is 2.22. The Hall–Kier alpha value is -1.74. The molecule has 1 aliphatic rings.